The Morgan fingerprint density at radius 2 is 1.44 bits per heavy atom. The number of hydrogen-bond donors (Lipinski definition) is 2. The summed E-state index contributed by atoms with van der Waals surface area (Å²) in [5.41, 5.74) is 6.94. The molecule has 0 fully saturated rings. The van der Waals surface area contributed by atoms with E-state index in [1.54, 1.807) is 0 Å². The average Bonchev–Trinajstić information content (AvgIpc) is 3.15. The maximum Gasteiger partial charge on any atom is 0.221 e. The molecule has 6 heteroatoms. The Bertz CT molecular complexity index is 955. The first kappa shape index (κ1) is 16.7. The molecule has 0 aliphatic carbocycles. The molecule has 1 amide bonds. The standard InChI is InChI=1S/C21H19N5O/c1-16(27)22-18-14-12-17(13-15-18)21-23-25(19-8-4-2-5-9-19)26(24-21)20-10-6-3-7-11-20/h2-15H,1H3,(H,22,27)(H,23,24). The predicted molar refractivity (Wildman–Crippen MR) is 108 cm³/mol. The molecule has 0 aromatic heterocycles. The van der Waals surface area contributed by atoms with Crippen LogP contribution in [0, 0.1) is 0 Å². The molecule has 6 nitrogen and oxygen atoms in total. The number of hydrazine groups is 2. The lowest BCUT2D eigenvalue weighted by Gasteiger charge is -2.27. The largest absolute Gasteiger partial charge is 0.326 e. The number of carbonyl (C=O) groups excluding carboxylic acids is 1. The normalized spacial score (nSPS) is 13.1. The third-order valence-electron chi connectivity index (χ3n) is 4.06. The van der Waals surface area contributed by atoms with Crippen LogP contribution in [0.1, 0.15) is 12.5 Å². The monoisotopic (exact) mass is 357 g/mol. The Hall–Kier alpha value is -3.80. The Morgan fingerprint density at radius 3 is 2.04 bits per heavy atom. The maximum atomic E-state index is 11.2. The van der Waals surface area contributed by atoms with Gasteiger partial charge in [-0.05, 0) is 48.5 Å². The van der Waals surface area contributed by atoms with Gasteiger partial charge in [-0.25, -0.2) is 0 Å². The zero-order valence-corrected chi connectivity index (χ0v) is 14.8. The van der Waals surface area contributed by atoms with E-state index in [0.717, 1.165) is 28.5 Å². The summed E-state index contributed by atoms with van der Waals surface area (Å²) in [7, 11) is 0. The van der Waals surface area contributed by atoms with Crippen molar-refractivity contribution in [3.05, 3.63) is 90.5 Å². The van der Waals surface area contributed by atoms with Crippen molar-refractivity contribution in [3.63, 3.8) is 0 Å². The quantitative estimate of drug-likeness (QED) is 0.747. The molecule has 3 aromatic carbocycles. The summed E-state index contributed by atoms with van der Waals surface area (Å²) in [4.78, 5) is 11.2. The minimum atomic E-state index is -0.0930. The second kappa shape index (κ2) is 7.21. The van der Waals surface area contributed by atoms with Gasteiger partial charge in [-0.2, -0.15) is 10.2 Å². The first-order chi connectivity index (χ1) is 13.2. The van der Waals surface area contributed by atoms with Gasteiger partial charge < -0.3 is 5.32 Å². The topological polar surface area (TPSA) is 60.0 Å². The molecule has 0 saturated carbocycles. The fourth-order valence-electron chi connectivity index (χ4n) is 2.82. The van der Waals surface area contributed by atoms with E-state index in [0.29, 0.717) is 0 Å². The summed E-state index contributed by atoms with van der Waals surface area (Å²) in [6, 6.07) is 27.5. The van der Waals surface area contributed by atoms with Gasteiger partial charge in [0.15, 0.2) is 5.84 Å². The lowest BCUT2D eigenvalue weighted by molar-refractivity contribution is -0.114. The van der Waals surface area contributed by atoms with Crippen LogP contribution < -0.4 is 21.0 Å². The van der Waals surface area contributed by atoms with Gasteiger partial charge in [0.25, 0.3) is 0 Å². The van der Waals surface area contributed by atoms with Gasteiger partial charge in [0.2, 0.25) is 5.91 Å². The van der Waals surface area contributed by atoms with E-state index in [-0.39, 0.29) is 5.91 Å². The number of carbonyl (C=O) groups is 1. The van der Waals surface area contributed by atoms with Gasteiger partial charge in [0.1, 0.15) is 0 Å². The molecule has 0 atom stereocenters. The molecule has 0 spiro atoms. The Kier molecular flexibility index (Phi) is 4.45. The summed E-state index contributed by atoms with van der Waals surface area (Å²) in [5.74, 6) is 0.627. The number of para-hydroxylation sites is 2. The number of benzene rings is 3. The molecular weight excluding hydrogens is 338 g/mol. The lowest BCUT2D eigenvalue weighted by atomic mass is 10.2. The Balaban J connectivity index is 1.66. The molecule has 0 radical (unpaired) electrons. The average molecular weight is 357 g/mol. The number of rotatable bonds is 4. The van der Waals surface area contributed by atoms with Crippen LogP contribution in [0.25, 0.3) is 0 Å². The minimum absolute atomic E-state index is 0.0930. The summed E-state index contributed by atoms with van der Waals surface area (Å²) >= 11 is 0. The highest BCUT2D eigenvalue weighted by atomic mass is 16.1. The van der Waals surface area contributed by atoms with E-state index in [1.807, 2.05) is 95.2 Å². The molecule has 134 valence electrons. The first-order valence-electron chi connectivity index (χ1n) is 8.64. The van der Waals surface area contributed by atoms with Crippen LogP contribution in [0.15, 0.2) is 90.0 Å². The van der Waals surface area contributed by atoms with Crippen LogP contribution in [0.2, 0.25) is 0 Å². The van der Waals surface area contributed by atoms with Crippen molar-refractivity contribution in [3.8, 4) is 0 Å². The zero-order chi connectivity index (χ0) is 18.6. The highest BCUT2D eigenvalue weighted by molar-refractivity contribution is 6.02. The number of hydrazone groups is 1. The second-order valence-electron chi connectivity index (χ2n) is 6.09. The number of nitrogens with one attached hydrogen (secondary N) is 2. The summed E-state index contributed by atoms with van der Waals surface area (Å²) in [6.45, 7) is 1.49. The van der Waals surface area contributed by atoms with Crippen LogP contribution in [0.5, 0.6) is 0 Å². The van der Waals surface area contributed by atoms with E-state index in [1.165, 1.54) is 6.92 Å². The van der Waals surface area contributed by atoms with Crippen molar-refractivity contribution in [2.45, 2.75) is 6.92 Å². The maximum absolute atomic E-state index is 11.2. The zero-order valence-electron chi connectivity index (χ0n) is 14.8. The van der Waals surface area contributed by atoms with Crippen molar-refractivity contribution in [2.75, 3.05) is 15.6 Å². The SMILES string of the molecule is CC(=O)Nc1ccc(C2=NN(c3ccccc3)N(c3ccccc3)N2)cc1. The molecule has 1 heterocycles. The molecule has 0 saturated heterocycles. The lowest BCUT2D eigenvalue weighted by Crippen LogP contribution is -2.44. The number of amidine groups is 1. The van der Waals surface area contributed by atoms with Gasteiger partial charge in [-0.3, -0.25) is 10.2 Å². The molecule has 2 N–H and O–H groups in total. The number of anilines is 3. The van der Waals surface area contributed by atoms with Crippen LogP contribution in [0.4, 0.5) is 17.1 Å². The fraction of sp³-hybridized carbons (Fsp3) is 0.0476. The van der Waals surface area contributed by atoms with Gasteiger partial charge >= 0.3 is 0 Å². The van der Waals surface area contributed by atoms with Crippen LogP contribution in [0.3, 0.4) is 0 Å². The van der Waals surface area contributed by atoms with Crippen molar-refractivity contribution >= 4 is 28.8 Å². The Labute approximate surface area is 157 Å². The summed E-state index contributed by atoms with van der Waals surface area (Å²) in [5, 5.41) is 11.2. The van der Waals surface area contributed by atoms with Crippen molar-refractivity contribution in [1.29, 1.82) is 0 Å². The Morgan fingerprint density at radius 1 is 0.852 bits per heavy atom. The molecule has 1 aliphatic heterocycles. The molecule has 27 heavy (non-hydrogen) atoms. The van der Waals surface area contributed by atoms with E-state index in [4.69, 9.17) is 5.10 Å². The van der Waals surface area contributed by atoms with Crippen molar-refractivity contribution < 1.29 is 4.79 Å². The summed E-state index contributed by atoms with van der Waals surface area (Å²) < 4.78 is 0. The minimum Gasteiger partial charge on any atom is -0.326 e. The molecule has 3 aromatic rings. The summed E-state index contributed by atoms with van der Waals surface area (Å²) in [6.07, 6.45) is 0. The van der Waals surface area contributed by atoms with E-state index < -0.39 is 0 Å². The van der Waals surface area contributed by atoms with Crippen LogP contribution >= 0.6 is 0 Å². The van der Waals surface area contributed by atoms with E-state index >= 15 is 0 Å². The van der Waals surface area contributed by atoms with E-state index in [9.17, 15) is 4.79 Å². The first-order valence-corrected chi connectivity index (χ1v) is 8.64. The molecule has 4 rings (SSSR count). The van der Waals surface area contributed by atoms with Gasteiger partial charge in [0, 0.05) is 18.2 Å². The fourth-order valence-corrected chi connectivity index (χ4v) is 2.82. The van der Waals surface area contributed by atoms with Crippen LogP contribution in [-0.2, 0) is 4.79 Å². The number of nitrogens with zero attached hydrogens (tertiary/aromatic N) is 3. The predicted octanol–water partition coefficient (Wildman–Crippen LogP) is 3.75. The highest BCUT2D eigenvalue weighted by Gasteiger charge is 2.26. The third-order valence-corrected chi connectivity index (χ3v) is 4.06. The van der Waals surface area contributed by atoms with Crippen molar-refractivity contribution in [2.24, 2.45) is 5.10 Å². The van der Waals surface area contributed by atoms with Crippen molar-refractivity contribution in [1.82, 2.24) is 5.43 Å². The molecule has 1 aliphatic rings. The molecular formula is C21H19N5O. The van der Waals surface area contributed by atoms with Gasteiger partial charge in [-0.1, -0.05) is 36.4 Å². The van der Waals surface area contributed by atoms with Gasteiger partial charge in [0.05, 0.1) is 11.4 Å². The third kappa shape index (κ3) is 3.59. The molecule has 0 unspecified atom stereocenters. The van der Waals surface area contributed by atoms with E-state index in [2.05, 4.69) is 10.7 Å². The highest BCUT2D eigenvalue weighted by Crippen LogP contribution is 2.25. The molecule has 0 bridgehead atoms. The number of hydrogen-bond acceptors (Lipinski definition) is 5. The smallest absolute Gasteiger partial charge is 0.221 e. The number of amides is 1. The van der Waals surface area contributed by atoms with Crippen LogP contribution in [-0.4, -0.2) is 11.7 Å². The second-order valence-corrected chi connectivity index (χ2v) is 6.09. The van der Waals surface area contributed by atoms with Gasteiger partial charge in [-0.15, -0.1) is 5.10 Å².